The Kier molecular flexibility index (Phi) is 5.30. The Hall–Kier alpha value is -2.15. The van der Waals surface area contributed by atoms with Gasteiger partial charge in [-0.3, -0.25) is 9.36 Å². The van der Waals surface area contributed by atoms with Gasteiger partial charge in [-0.05, 0) is 18.6 Å². The molecule has 2 aromatic heterocycles. The standard InChI is InChI=1S/C17H20N4O2S/c1-3-5-10-21-16(22)12-8-6-7-9-13(12)18-17(21)24-11-15-20-19-14(4-2)23-15/h6-9H,3-5,10-11H2,1-2H3. The van der Waals surface area contributed by atoms with Gasteiger partial charge in [-0.25, -0.2) is 4.98 Å². The summed E-state index contributed by atoms with van der Waals surface area (Å²) in [5.74, 6) is 1.69. The van der Waals surface area contributed by atoms with Crippen molar-refractivity contribution >= 4 is 22.7 Å². The first-order chi connectivity index (χ1) is 11.7. The van der Waals surface area contributed by atoms with E-state index in [1.807, 2.05) is 31.2 Å². The molecule has 0 unspecified atom stereocenters. The number of hydrogen-bond acceptors (Lipinski definition) is 6. The van der Waals surface area contributed by atoms with Gasteiger partial charge in [-0.1, -0.05) is 44.2 Å². The van der Waals surface area contributed by atoms with Crippen LogP contribution >= 0.6 is 11.8 Å². The third kappa shape index (κ3) is 3.51. The van der Waals surface area contributed by atoms with Crippen molar-refractivity contribution < 1.29 is 4.42 Å². The first-order valence-corrected chi connectivity index (χ1v) is 9.15. The molecule has 3 aromatic rings. The summed E-state index contributed by atoms with van der Waals surface area (Å²) in [5.41, 5.74) is 0.730. The van der Waals surface area contributed by atoms with Gasteiger partial charge in [-0.2, -0.15) is 0 Å². The van der Waals surface area contributed by atoms with Crippen LogP contribution in [0.3, 0.4) is 0 Å². The highest BCUT2D eigenvalue weighted by Gasteiger charge is 2.13. The van der Waals surface area contributed by atoms with Crippen LogP contribution in [-0.2, 0) is 18.7 Å². The lowest BCUT2D eigenvalue weighted by Gasteiger charge is -2.12. The second-order valence-corrected chi connectivity index (χ2v) is 6.40. The maximum atomic E-state index is 12.8. The lowest BCUT2D eigenvalue weighted by molar-refractivity contribution is 0.469. The lowest BCUT2D eigenvalue weighted by atomic mass is 10.2. The van der Waals surface area contributed by atoms with E-state index in [1.54, 1.807) is 4.57 Å². The molecule has 0 spiro atoms. The number of rotatable bonds is 7. The first-order valence-electron chi connectivity index (χ1n) is 8.16. The van der Waals surface area contributed by atoms with Crippen molar-refractivity contribution in [2.24, 2.45) is 0 Å². The molecule has 0 saturated heterocycles. The molecule has 0 amide bonds. The van der Waals surface area contributed by atoms with Gasteiger partial charge in [-0.15, -0.1) is 10.2 Å². The third-order valence-corrected chi connectivity index (χ3v) is 4.66. The summed E-state index contributed by atoms with van der Waals surface area (Å²) >= 11 is 1.46. The van der Waals surface area contributed by atoms with Crippen molar-refractivity contribution in [1.82, 2.24) is 19.7 Å². The third-order valence-electron chi connectivity index (χ3n) is 3.70. The van der Waals surface area contributed by atoms with E-state index in [-0.39, 0.29) is 5.56 Å². The van der Waals surface area contributed by atoms with E-state index in [0.717, 1.165) is 18.4 Å². The van der Waals surface area contributed by atoms with Gasteiger partial charge >= 0.3 is 0 Å². The molecule has 126 valence electrons. The molecule has 6 nitrogen and oxygen atoms in total. The molecule has 0 N–H and O–H groups in total. The predicted molar refractivity (Wildman–Crippen MR) is 94.1 cm³/mol. The zero-order valence-electron chi connectivity index (χ0n) is 13.9. The lowest BCUT2D eigenvalue weighted by Crippen LogP contribution is -2.23. The minimum absolute atomic E-state index is 0.0105. The van der Waals surface area contributed by atoms with Gasteiger partial charge in [0.1, 0.15) is 0 Å². The van der Waals surface area contributed by atoms with E-state index in [9.17, 15) is 4.79 Å². The number of nitrogens with zero attached hydrogens (tertiary/aromatic N) is 4. The molecule has 0 aliphatic carbocycles. The van der Waals surface area contributed by atoms with Crippen LogP contribution in [0.15, 0.2) is 38.6 Å². The number of benzene rings is 1. The molecule has 24 heavy (non-hydrogen) atoms. The first kappa shape index (κ1) is 16.7. The monoisotopic (exact) mass is 344 g/mol. The Morgan fingerprint density at radius 2 is 1.96 bits per heavy atom. The molecular formula is C17H20N4O2S. The number of aryl methyl sites for hydroxylation is 1. The van der Waals surface area contributed by atoms with Gasteiger partial charge in [0, 0.05) is 13.0 Å². The fraction of sp³-hybridized carbons (Fsp3) is 0.412. The fourth-order valence-electron chi connectivity index (χ4n) is 2.39. The fourth-order valence-corrected chi connectivity index (χ4v) is 3.25. The van der Waals surface area contributed by atoms with Crippen LogP contribution in [-0.4, -0.2) is 19.7 Å². The van der Waals surface area contributed by atoms with Crippen LogP contribution in [0.2, 0.25) is 0 Å². The van der Waals surface area contributed by atoms with Gasteiger partial charge in [0.05, 0.1) is 16.7 Å². The number of para-hydroxylation sites is 1. The molecule has 0 bridgehead atoms. The van der Waals surface area contributed by atoms with Crippen molar-refractivity contribution in [1.29, 1.82) is 0 Å². The smallest absolute Gasteiger partial charge is 0.262 e. The molecule has 0 aliphatic rings. The van der Waals surface area contributed by atoms with Crippen LogP contribution in [0.5, 0.6) is 0 Å². The van der Waals surface area contributed by atoms with Gasteiger partial charge < -0.3 is 4.42 Å². The Morgan fingerprint density at radius 3 is 2.71 bits per heavy atom. The minimum Gasteiger partial charge on any atom is -0.424 e. The van der Waals surface area contributed by atoms with Crippen molar-refractivity contribution in [3.8, 4) is 0 Å². The average molecular weight is 344 g/mol. The summed E-state index contributed by atoms with van der Waals surface area (Å²) in [6.07, 6.45) is 2.67. The highest BCUT2D eigenvalue weighted by Crippen LogP contribution is 2.22. The van der Waals surface area contributed by atoms with E-state index < -0.39 is 0 Å². The Balaban J connectivity index is 1.93. The molecule has 0 atom stereocenters. The second-order valence-electron chi connectivity index (χ2n) is 5.45. The van der Waals surface area contributed by atoms with Crippen LogP contribution in [0.4, 0.5) is 0 Å². The molecule has 0 saturated carbocycles. The van der Waals surface area contributed by atoms with Crippen molar-refractivity contribution in [2.75, 3.05) is 0 Å². The number of unbranched alkanes of at least 4 members (excludes halogenated alkanes) is 1. The normalized spacial score (nSPS) is 11.2. The van der Waals surface area contributed by atoms with Crippen molar-refractivity contribution in [2.45, 2.75) is 50.6 Å². The van der Waals surface area contributed by atoms with Crippen molar-refractivity contribution in [3.63, 3.8) is 0 Å². The van der Waals surface area contributed by atoms with Gasteiger partial charge in [0.2, 0.25) is 11.8 Å². The number of hydrogen-bond donors (Lipinski definition) is 0. The Morgan fingerprint density at radius 1 is 1.17 bits per heavy atom. The van der Waals surface area contributed by atoms with Crippen LogP contribution in [0.1, 0.15) is 38.5 Å². The zero-order chi connectivity index (χ0) is 16.9. The molecule has 3 rings (SSSR count). The van der Waals surface area contributed by atoms with Gasteiger partial charge in [0.25, 0.3) is 5.56 Å². The summed E-state index contributed by atoms with van der Waals surface area (Å²) in [6.45, 7) is 4.74. The van der Waals surface area contributed by atoms with E-state index >= 15 is 0 Å². The Labute approximate surface area is 144 Å². The quantitative estimate of drug-likeness (QED) is 0.483. The van der Waals surface area contributed by atoms with Crippen LogP contribution in [0, 0.1) is 0 Å². The molecular weight excluding hydrogens is 324 g/mol. The number of thioether (sulfide) groups is 1. The number of aromatic nitrogens is 4. The largest absolute Gasteiger partial charge is 0.424 e. The van der Waals surface area contributed by atoms with E-state index in [2.05, 4.69) is 22.1 Å². The zero-order valence-corrected chi connectivity index (χ0v) is 14.7. The maximum Gasteiger partial charge on any atom is 0.262 e. The predicted octanol–water partition coefficient (Wildman–Crippen LogP) is 3.43. The Bertz CT molecular complexity index is 888. The number of fused-ring (bicyclic) bond motifs is 1. The van der Waals surface area contributed by atoms with Crippen LogP contribution < -0.4 is 5.56 Å². The SMILES string of the molecule is CCCCn1c(SCc2nnc(CC)o2)nc2ccccc2c1=O. The van der Waals surface area contributed by atoms with Gasteiger partial charge in [0.15, 0.2) is 5.16 Å². The molecule has 1 aromatic carbocycles. The summed E-state index contributed by atoms with van der Waals surface area (Å²) in [7, 11) is 0. The van der Waals surface area contributed by atoms with Crippen LogP contribution in [0.25, 0.3) is 10.9 Å². The van der Waals surface area contributed by atoms with E-state index in [0.29, 0.717) is 41.0 Å². The van der Waals surface area contributed by atoms with E-state index in [4.69, 9.17) is 4.42 Å². The van der Waals surface area contributed by atoms with E-state index in [1.165, 1.54) is 11.8 Å². The molecule has 0 aliphatic heterocycles. The maximum absolute atomic E-state index is 12.8. The highest BCUT2D eigenvalue weighted by molar-refractivity contribution is 7.98. The highest BCUT2D eigenvalue weighted by atomic mass is 32.2. The molecule has 2 heterocycles. The summed E-state index contributed by atoms with van der Waals surface area (Å²) < 4.78 is 7.29. The topological polar surface area (TPSA) is 73.8 Å². The minimum atomic E-state index is 0.0105. The summed E-state index contributed by atoms with van der Waals surface area (Å²) in [5, 5.41) is 9.35. The average Bonchev–Trinajstić information content (AvgIpc) is 3.07. The summed E-state index contributed by atoms with van der Waals surface area (Å²) in [4.78, 5) is 17.4. The molecule has 7 heteroatoms. The van der Waals surface area contributed by atoms with Crippen molar-refractivity contribution in [3.05, 3.63) is 46.4 Å². The molecule has 0 radical (unpaired) electrons. The summed E-state index contributed by atoms with van der Waals surface area (Å²) in [6, 6.07) is 7.46. The second kappa shape index (κ2) is 7.61. The molecule has 0 fully saturated rings.